The zero-order chi connectivity index (χ0) is 15.3. The monoisotopic (exact) mass is 325 g/mol. The van der Waals surface area contributed by atoms with Crippen molar-refractivity contribution in [1.29, 1.82) is 0 Å². The lowest BCUT2D eigenvalue weighted by Crippen LogP contribution is -2.39. The van der Waals surface area contributed by atoms with Gasteiger partial charge in [-0.2, -0.15) is 0 Å². The maximum absolute atomic E-state index is 12.3. The second-order valence-corrected chi connectivity index (χ2v) is 6.71. The summed E-state index contributed by atoms with van der Waals surface area (Å²) in [6.45, 7) is -0.293. The number of hydrogen-bond acceptors (Lipinski definition) is 3. The van der Waals surface area contributed by atoms with Crippen molar-refractivity contribution in [3.05, 3.63) is 65.2 Å². The third kappa shape index (κ3) is 4.28. The van der Waals surface area contributed by atoms with Gasteiger partial charge in [0.15, 0.2) is 0 Å². The molecular formula is C15H16ClNO3S. The van der Waals surface area contributed by atoms with Crippen LogP contribution in [0.5, 0.6) is 0 Å². The van der Waals surface area contributed by atoms with Gasteiger partial charge in [-0.3, -0.25) is 0 Å². The summed E-state index contributed by atoms with van der Waals surface area (Å²) in [5.41, 5.74) is 0.943. The molecule has 0 bridgehead atoms. The molecule has 2 rings (SSSR count). The van der Waals surface area contributed by atoms with Gasteiger partial charge in [0.25, 0.3) is 0 Å². The second-order valence-electron chi connectivity index (χ2n) is 4.62. The summed E-state index contributed by atoms with van der Waals surface area (Å²) in [7, 11) is -3.76. The summed E-state index contributed by atoms with van der Waals surface area (Å²) in [6, 6.07) is 15.0. The van der Waals surface area contributed by atoms with Crippen LogP contribution < -0.4 is 4.72 Å². The number of rotatable bonds is 6. The molecule has 0 aliphatic rings. The van der Waals surface area contributed by atoms with Crippen LogP contribution in [-0.4, -0.2) is 26.2 Å². The normalized spacial score (nSPS) is 13.0. The first kappa shape index (κ1) is 16.0. The number of sulfonamides is 1. The van der Waals surface area contributed by atoms with Crippen LogP contribution in [0.25, 0.3) is 0 Å². The van der Waals surface area contributed by atoms with Crippen LogP contribution in [0.3, 0.4) is 0 Å². The highest BCUT2D eigenvalue weighted by atomic mass is 35.5. The van der Waals surface area contributed by atoms with E-state index < -0.39 is 16.1 Å². The van der Waals surface area contributed by atoms with Crippen LogP contribution in [0, 0.1) is 0 Å². The topological polar surface area (TPSA) is 66.4 Å². The van der Waals surface area contributed by atoms with E-state index in [0.717, 1.165) is 5.56 Å². The molecule has 0 spiro atoms. The van der Waals surface area contributed by atoms with Gasteiger partial charge in [0.1, 0.15) is 4.90 Å². The highest BCUT2D eigenvalue weighted by molar-refractivity contribution is 7.89. The number of nitrogens with one attached hydrogen (secondary N) is 1. The Kier molecular flexibility index (Phi) is 5.36. The van der Waals surface area contributed by atoms with Gasteiger partial charge in [0, 0.05) is 6.04 Å². The van der Waals surface area contributed by atoms with Crippen molar-refractivity contribution in [2.45, 2.75) is 17.4 Å². The molecule has 0 unspecified atom stereocenters. The zero-order valence-corrected chi connectivity index (χ0v) is 12.8. The molecule has 0 aliphatic heterocycles. The second kappa shape index (κ2) is 7.04. The summed E-state index contributed by atoms with van der Waals surface area (Å²) >= 11 is 5.91. The Hall–Kier alpha value is -1.40. The fraction of sp³-hybridized carbons (Fsp3) is 0.200. The minimum absolute atomic E-state index is 0.0122. The zero-order valence-electron chi connectivity index (χ0n) is 11.2. The van der Waals surface area contributed by atoms with Crippen molar-refractivity contribution >= 4 is 21.6 Å². The van der Waals surface area contributed by atoms with Gasteiger partial charge in [0.2, 0.25) is 10.0 Å². The minimum atomic E-state index is -3.76. The number of halogens is 1. The van der Waals surface area contributed by atoms with Gasteiger partial charge < -0.3 is 5.11 Å². The average molecular weight is 326 g/mol. The third-order valence-electron chi connectivity index (χ3n) is 2.99. The number of hydrogen-bond donors (Lipinski definition) is 2. The molecule has 6 heteroatoms. The number of benzene rings is 2. The summed E-state index contributed by atoms with van der Waals surface area (Å²) in [4.78, 5) is 0.0122. The lowest BCUT2D eigenvalue weighted by atomic mass is 10.1. The van der Waals surface area contributed by atoms with Crippen LogP contribution in [0.2, 0.25) is 5.02 Å². The van der Waals surface area contributed by atoms with Crippen LogP contribution in [0.1, 0.15) is 5.56 Å². The summed E-state index contributed by atoms with van der Waals surface area (Å²) in [5, 5.41) is 9.56. The molecule has 2 aromatic carbocycles. The molecule has 2 aromatic rings. The third-order valence-corrected chi connectivity index (χ3v) is 5.01. The highest BCUT2D eigenvalue weighted by Gasteiger charge is 2.21. The van der Waals surface area contributed by atoms with E-state index in [2.05, 4.69) is 4.72 Å². The van der Waals surface area contributed by atoms with Crippen LogP contribution >= 0.6 is 11.6 Å². The molecule has 0 heterocycles. The summed E-state index contributed by atoms with van der Waals surface area (Å²) in [5.74, 6) is 0. The highest BCUT2D eigenvalue weighted by Crippen LogP contribution is 2.20. The smallest absolute Gasteiger partial charge is 0.242 e. The molecule has 4 nitrogen and oxygen atoms in total. The van der Waals surface area contributed by atoms with Crippen molar-refractivity contribution in [3.8, 4) is 0 Å². The molecule has 0 saturated carbocycles. The Morgan fingerprint density at radius 2 is 1.67 bits per heavy atom. The molecule has 1 atom stereocenters. The predicted octanol–water partition coefficient (Wildman–Crippen LogP) is 2.22. The lowest BCUT2D eigenvalue weighted by molar-refractivity contribution is 0.256. The summed E-state index contributed by atoms with van der Waals surface area (Å²) in [6.07, 6.45) is 0.404. The molecule has 2 N–H and O–H groups in total. The van der Waals surface area contributed by atoms with E-state index in [1.165, 1.54) is 12.1 Å². The van der Waals surface area contributed by atoms with E-state index in [1.807, 2.05) is 30.3 Å². The Balaban J connectivity index is 2.16. The van der Waals surface area contributed by atoms with Crippen LogP contribution in [0.4, 0.5) is 0 Å². The van der Waals surface area contributed by atoms with Crippen molar-refractivity contribution in [1.82, 2.24) is 4.72 Å². The molecule has 0 aliphatic carbocycles. The van der Waals surface area contributed by atoms with Gasteiger partial charge in [-0.25, -0.2) is 13.1 Å². The van der Waals surface area contributed by atoms with E-state index in [4.69, 9.17) is 11.6 Å². The van der Waals surface area contributed by atoms with E-state index in [-0.39, 0.29) is 16.5 Å². The molecule has 0 fully saturated rings. The molecule has 0 saturated heterocycles. The van der Waals surface area contributed by atoms with E-state index in [0.29, 0.717) is 6.42 Å². The fourth-order valence-electron chi connectivity index (χ4n) is 1.99. The molecule has 0 aromatic heterocycles. The van der Waals surface area contributed by atoms with E-state index in [1.54, 1.807) is 12.1 Å². The predicted molar refractivity (Wildman–Crippen MR) is 82.8 cm³/mol. The quantitative estimate of drug-likeness (QED) is 0.856. The Bertz CT molecular complexity index is 689. The maximum atomic E-state index is 12.3. The van der Waals surface area contributed by atoms with Crippen molar-refractivity contribution in [2.75, 3.05) is 6.61 Å². The molecule has 0 radical (unpaired) electrons. The molecule has 112 valence electrons. The van der Waals surface area contributed by atoms with Gasteiger partial charge >= 0.3 is 0 Å². The van der Waals surface area contributed by atoms with Crippen molar-refractivity contribution in [2.24, 2.45) is 0 Å². The summed E-state index contributed by atoms with van der Waals surface area (Å²) < 4.78 is 27.1. The first-order chi connectivity index (χ1) is 10.0. The maximum Gasteiger partial charge on any atom is 0.242 e. The average Bonchev–Trinajstić information content (AvgIpc) is 2.47. The van der Waals surface area contributed by atoms with Crippen molar-refractivity contribution < 1.29 is 13.5 Å². The van der Waals surface area contributed by atoms with Crippen LogP contribution in [0.15, 0.2) is 59.5 Å². The Morgan fingerprint density at radius 1 is 1.05 bits per heavy atom. The lowest BCUT2D eigenvalue weighted by Gasteiger charge is -2.17. The Labute approximate surface area is 129 Å². The van der Waals surface area contributed by atoms with E-state index in [9.17, 15) is 13.5 Å². The molecule has 21 heavy (non-hydrogen) atoms. The minimum Gasteiger partial charge on any atom is -0.395 e. The van der Waals surface area contributed by atoms with Gasteiger partial charge in [-0.1, -0.05) is 54.1 Å². The largest absolute Gasteiger partial charge is 0.395 e. The first-order valence-electron chi connectivity index (χ1n) is 6.44. The molecule has 0 amide bonds. The van der Waals surface area contributed by atoms with Gasteiger partial charge in [-0.15, -0.1) is 0 Å². The van der Waals surface area contributed by atoms with Gasteiger partial charge in [0.05, 0.1) is 11.6 Å². The van der Waals surface area contributed by atoms with Crippen LogP contribution in [-0.2, 0) is 16.4 Å². The van der Waals surface area contributed by atoms with Crippen molar-refractivity contribution in [3.63, 3.8) is 0 Å². The number of aliphatic hydroxyl groups excluding tert-OH is 1. The standard InChI is InChI=1S/C15H16ClNO3S/c16-14-8-4-5-9-15(14)21(19,20)17-13(11-18)10-12-6-2-1-3-7-12/h1-9,13,17-18H,10-11H2/t13-/m0/s1. The molecular weight excluding hydrogens is 310 g/mol. The SMILES string of the molecule is O=S(=O)(N[C@H](CO)Cc1ccccc1)c1ccccc1Cl. The van der Waals surface area contributed by atoms with E-state index >= 15 is 0 Å². The number of aliphatic hydroxyl groups is 1. The van der Waals surface area contributed by atoms with Gasteiger partial charge in [-0.05, 0) is 24.1 Å². The fourth-order valence-corrected chi connectivity index (χ4v) is 3.73. The Morgan fingerprint density at radius 3 is 2.29 bits per heavy atom. The first-order valence-corrected chi connectivity index (χ1v) is 8.30.